The number of nitrogens with two attached hydrogens (primary N) is 1. The number of carbonyl (C=O) groups excluding carboxylic acids is 1. The predicted octanol–water partition coefficient (Wildman–Crippen LogP) is 3.63. The zero-order valence-corrected chi connectivity index (χ0v) is 19.2. The number of halogens is 2. The summed E-state index contributed by atoms with van der Waals surface area (Å²) in [5, 5.41) is 3.30. The molecule has 0 saturated heterocycles. The fourth-order valence-corrected chi connectivity index (χ4v) is 3.71. The standard InChI is InChI=1S/C21H27ClFN3O4S/c1-4-18(26-13(2)10-19(24)27)16-8-9-17(22)21(20(16)23)30-15-7-5-6-14(11-15)12-25-31(3,28)29/h5-9,11,13,18,25-26H,4,10,12H2,1-3H3,(H2,24,27)/t13-,18-/m1/s1. The van der Waals surface area contributed by atoms with Gasteiger partial charge in [-0.2, -0.15) is 0 Å². The van der Waals surface area contributed by atoms with Gasteiger partial charge in [-0.25, -0.2) is 17.5 Å². The SMILES string of the molecule is CC[C@@H](N[C@H](C)CC(N)=O)c1ccc(Cl)c(Oc2cccc(CNS(C)(=O)=O)c2)c1F. The Labute approximate surface area is 187 Å². The maximum absolute atomic E-state index is 15.3. The number of ether oxygens (including phenoxy) is 1. The highest BCUT2D eigenvalue weighted by Gasteiger charge is 2.22. The lowest BCUT2D eigenvalue weighted by atomic mass is 10.0. The molecule has 0 aromatic heterocycles. The van der Waals surface area contributed by atoms with Crippen LogP contribution in [0.2, 0.25) is 5.02 Å². The monoisotopic (exact) mass is 471 g/mol. The summed E-state index contributed by atoms with van der Waals surface area (Å²) < 4.78 is 46.1. The molecule has 0 heterocycles. The molecule has 2 atom stereocenters. The molecule has 170 valence electrons. The molecule has 0 bridgehead atoms. The van der Waals surface area contributed by atoms with E-state index >= 15 is 4.39 Å². The van der Waals surface area contributed by atoms with E-state index < -0.39 is 21.7 Å². The molecule has 7 nitrogen and oxygen atoms in total. The molecule has 1 amide bonds. The van der Waals surface area contributed by atoms with E-state index in [1.807, 2.05) is 6.92 Å². The largest absolute Gasteiger partial charge is 0.453 e. The highest BCUT2D eigenvalue weighted by Crippen LogP contribution is 2.36. The molecular weight excluding hydrogens is 445 g/mol. The number of benzene rings is 2. The molecule has 4 N–H and O–H groups in total. The van der Waals surface area contributed by atoms with Crippen molar-refractivity contribution >= 4 is 27.5 Å². The second-order valence-corrected chi connectivity index (χ2v) is 9.56. The van der Waals surface area contributed by atoms with Crippen molar-refractivity contribution in [2.75, 3.05) is 6.26 Å². The minimum absolute atomic E-state index is 0.0753. The first-order chi connectivity index (χ1) is 14.5. The Balaban J connectivity index is 2.27. The van der Waals surface area contributed by atoms with E-state index in [-0.39, 0.29) is 35.8 Å². The van der Waals surface area contributed by atoms with Crippen LogP contribution in [0.1, 0.15) is 43.9 Å². The fraction of sp³-hybridized carbons (Fsp3) is 0.381. The minimum atomic E-state index is -3.35. The lowest BCUT2D eigenvalue weighted by Crippen LogP contribution is -2.34. The van der Waals surface area contributed by atoms with Gasteiger partial charge in [0.25, 0.3) is 0 Å². The molecule has 10 heteroatoms. The maximum Gasteiger partial charge on any atom is 0.218 e. The molecule has 0 aliphatic heterocycles. The summed E-state index contributed by atoms with van der Waals surface area (Å²) in [6.45, 7) is 3.77. The molecule has 2 aromatic carbocycles. The lowest BCUT2D eigenvalue weighted by molar-refractivity contribution is -0.118. The van der Waals surface area contributed by atoms with Crippen molar-refractivity contribution in [1.82, 2.24) is 10.0 Å². The number of nitrogens with one attached hydrogen (secondary N) is 2. The van der Waals surface area contributed by atoms with Gasteiger partial charge in [0.2, 0.25) is 15.9 Å². The first-order valence-electron chi connectivity index (χ1n) is 9.73. The van der Waals surface area contributed by atoms with Crippen LogP contribution in [0.3, 0.4) is 0 Å². The van der Waals surface area contributed by atoms with Crippen LogP contribution in [0.15, 0.2) is 36.4 Å². The van der Waals surface area contributed by atoms with Crippen LogP contribution in [-0.2, 0) is 21.4 Å². The normalized spacial score (nSPS) is 13.6. The third-order valence-corrected chi connectivity index (χ3v) is 5.48. The number of amides is 1. The molecule has 0 radical (unpaired) electrons. The topological polar surface area (TPSA) is 111 Å². The second kappa shape index (κ2) is 10.9. The summed E-state index contributed by atoms with van der Waals surface area (Å²) in [6, 6.07) is 9.13. The Morgan fingerprint density at radius 1 is 1.29 bits per heavy atom. The highest BCUT2D eigenvalue weighted by atomic mass is 35.5. The van der Waals surface area contributed by atoms with Crippen LogP contribution in [-0.4, -0.2) is 26.6 Å². The van der Waals surface area contributed by atoms with Crippen molar-refractivity contribution in [3.8, 4) is 11.5 Å². The van der Waals surface area contributed by atoms with Crippen LogP contribution in [0, 0.1) is 5.82 Å². The van der Waals surface area contributed by atoms with Crippen LogP contribution in [0.5, 0.6) is 11.5 Å². The number of hydrogen-bond donors (Lipinski definition) is 3. The molecule has 0 saturated carbocycles. The summed E-state index contributed by atoms with van der Waals surface area (Å²) in [4.78, 5) is 11.1. The quantitative estimate of drug-likeness (QED) is 0.463. The molecule has 2 rings (SSSR count). The van der Waals surface area contributed by atoms with Crippen LogP contribution < -0.4 is 20.5 Å². The third kappa shape index (κ3) is 7.77. The van der Waals surface area contributed by atoms with Gasteiger partial charge in [-0.05, 0) is 37.1 Å². The Morgan fingerprint density at radius 3 is 2.61 bits per heavy atom. The maximum atomic E-state index is 15.3. The van der Waals surface area contributed by atoms with Crippen LogP contribution in [0.25, 0.3) is 0 Å². The Morgan fingerprint density at radius 2 is 2.00 bits per heavy atom. The van der Waals surface area contributed by atoms with Gasteiger partial charge in [0.05, 0.1) is 11.3 Å². The van der Waals surface area contributed by atoms with E-state index in [0.29, 0.717) is 23.3 Å². The van der Waals surface area contributed by atoms with Crippen molar-refractivity contribution < 1.29 is 22.3 Å². The third-order valence-electron chi connectivity index (χ3n) is 4.51. The summed E-state index contributed by atoms with van der Waals surface area (Å²) in [5.74, 6) is -0.873. The first kappa shape index (κ1) is 25.1. The van der Waals surface area contributed by atoms with Gasteiger partial charge in [0, 0.05) is 30.6 Å². The molecule has 0 spiro atoms. The van der Waals surface area contributed by atoms with E-state index in [4.69, 9.17) is 22.1 Å². The van der Waals surface area contributed by atoms with Crippen molar-refractivity contribution in [2.24, 2.45) is 5.73 Å². The average Bonchev–Trinajstić information content (AvgIpc) is 2.67. The zero-order valence-electron chi connectivity index (χ0n) is 17.6. The van der Waals surface area contributed by atoms with E-state index in [2.05, 4.69) is 10.0 Å². The van der Waals surface area contributed by atoms with Gasteiger partial charge in [0.1, 0.15) is 5.75 Å². The zero-order chi connectivity index (χ0) is 23.2. The highest BCUT2D eigenvalue weighted by molar-refractivity contribution is 7.88. The molecular formula is C21H27ClFN3O4S. The molecule has 0 aliphatic carbocycles. The smallest absolute Gasteiger partial charge is 0.218 e. The van der Waals surface area contributed by atoms with E-state index in [9.17, 15) is 13.2 Å². The van der Waals surface area contributed by atoms with Gasteiger partial charge in [0.15, 0.2) is 11.6 Å². The summed E-state index contributed by atoms with van der Waals surface area (Å²) in [5.41, 5.74) is 6.24. The fourth-order valence-electron chi connectivity index (χ4n) is 3.09. The van der Waals surface area contributed by atoms with Gasteiger partial charge in [-0.1, -0.05) is 36.7 Å². The van der Waals surface area contributed by atoms with Gasteiger partial charge in [-0.3, -0.25) is 4.79 Å². The van der Waals surface area contributed by atoms with Gasteiger partial charge >= 0.3 is 0 Å². The Hall–Kier alpha value is -2.20. The van der Waals surface area contributed by atoms with E-state index in [1.54, 1.807) is 43.3 Å². The van der Waals surface area contributed by atoms with E-state index in [0.717, 1.165) is 6.26 Å². The average molecular weight is 472 g/mol. The number of primary amides is 1. The van der Waals surface area contributed by atoms with E-state index in [1.165, 1.54) is 0 Å². The van der Waals surface area contributed by atoms with Gasteiger partial charge < -0.3 is 15.8 Å². The lowest BCUT2D eigenvalue weighted by Gasteiger charge is -2.23. The van der Waals surface area contributed by atoms with Crippen LogP contribution >= 0.6 is 11.6 Å². The molecule has 2 aromatic rings. The van der Waals surface area contributed by atoms with Crippen LogP contribution in [0.4, 0.5) is 4.39 Å². The molecule has 0 aliphatic rings. The summed E-state index contributed by atoms with van der Waals surface area (Å²) >= 11 is 6.20. The number of sulfonamides is 1. The summed E-state index contributed by atoms with van der Waals surface area (Å²) in [7, 11) is -3.35. The molecule has 31 heavy (non-hydrogen) atoms. The van der Waals surface area contributed by atoms with Crippen molar-refractivity contribution in [3.63, 3.8) is 0 Å². The summed E-state index contributed by atoms with van der Waals surface area (Å²) in [6.07, 6.45) is 1.76. The first-order valence-corrected chi connectivity index (χ1v) is 12.0. The number of rotatable bonds is 11. The Bertz CT molecular complexity index is 1030. The van der Waals surface area contributed by atoms with Crippen molar-refractivity contribution in [1.29, 1.82) is 0 Å². The number of carbonyl (C=O) groups is 1. The predicted molar refractivity (Wildman–Crippen MR) is 119 cm³/mol. The molecule has 0 unspecified atom stereocenters. The van der Waals surface area contributed by atoms with Gasteiger partial charge in [-0.15, -0.1) is 0 Å². The van der Waals surface area contributed by atoms with Crippen molar-refractivity contribution in [2.45, 2.75) is 45.3 Å². The molecule has 0 fully saturated rings. The van der Waals surface area contributed by atoms with Crippen molar-refractivity contribution in [3.05, 3.63) is 58.4 Å². The second-order valence-electron chi connectivity index (χ2n) is 7.32. The minimum Gasteiger partial charge on any atom is -0.453 e. The Kier molecular flexibility index (Phi) is 8.81. The number of hydrogen-bond acceptors (Lipinski definition) is 5.